The van der Waals surface area contributed by atoms with Crippen LogP contribution < -0.4 is 10.2 Å². The molecule has 1 N–H and O–H groups in total. The molecule has 5 heteroatoms. The Kier molecular flexibility index (Phi) is 6.57. The first-order valence-electron chi connectivity index (χ1n) is 6.03. The number of hydrogen-bond donors (Lipinski definition) is 1. The Labute approximate surface area is 115 Å². The SMILES string of the molecule is CCCNCc1ccc(N(C)CC(F)F)cc1Br. The third-order valence-corrected chi connectivity index (χ3v) is 3.37. The van der Waals surface area contributed by atoms with Gasteiger partial charge in [0.15, 0.2) is 0 Å². The Balaban J connectivity index is 2.66. The minimum absolute atomic E-state index is 0.250. The fourth-order valence-corrected chi connectivity index (χ4v) is 2.14. The summed E-state index contributed by atoms with van der Waals surface area (Å²) in [5.41, 5.74) is 1.93. The molecule has 0 aliphatic rings. The Morgan fingerprint density at radius 1 is 1.39 bits per heavy atom. The van der Waals surface area contributed by atoms with Crippen LogP contribution in [0.25, 0.3) is 0 Å². The monoisotopic (exact) mass is 320 g/mol. The zero-order valence-electron chi connectivity index (χ0n) is 10.7. The van der Waals surface area contributed by atoms with Crippen molar-refractivity contribution in [1.29, 1.82) is 0 Å². The number of halogens is 3. The topological polar surface area (TPSA) is 15.3 Å². The summed E-state index contributed by atoms with van der Waals surface area (Å²) in [6, 6.07) is 5.71. The van der Waals surface area contributed by atoms with Crippen molar-refractivity contribution in [2.24, 2.45) is 0 Å². The maximum atomic E-state index is 12.3. The van der Waals surface area contributed by atoms with Gasteiger partial charge in [-0.25, -0.2) is 8.78 Å². The van der Waals surface area contributed by atoms with E-state index in [-0.39, 0.29) is 6.54 Å². The van der Waals surface area contributed by atoms with E-state index in [4.69, 9.17) is 0 Å². The smallest absolute Gasteiger partial charge is 0.255 e. The number of benzene rings is 1. The molecule has 0 atom stereocenters. The molecule has 0 saturated heterocycles. The lowest BCUT2D eigenvalue weighted by atomic mass is 10.2. The first kappa shape index (κ1) is 15.4. The van der Waals surface area contributed by atoms with Gasteiger partial charge in [-0.1, -0.05) is 28.9 Å². The predicted molar refractivity (Wildman–Crippen MR) is 75.4 cm³/mol. The van der Waals surface area contributed by atoms with Gasteiger partial charge in [0.1, 0.15) is 0 Å². The molecule has 0 amide bonds. The van der Waals surface area contributed by atoms with Crippen LogP contribution in [-0.2, 0) is 6.54 Å². The van der Waals surface area contributed by atoms with Crippen LogP contribution in [0.3, 0.4) is 0 Å². The highest BCUT2D eigenvalue weighted by Crippen LogP contribution is 2.24. The fourth-order valence-electron chi connectivity index (χ4n) is 1.63. The van der Waals surface area contributed by atoms with E-state index in [9.17, 15) is 8.78 Å². The number of hydrogen-bond acceptors (Lipinski definition) is 2. The van der Waals surface area contributed by atoms with E-state index in [1.807, 2.05) is 18.2 Å². The van der Waals surface area contributed by atoms with E-state index >= 15 is 0 Å². The van der Waals surface area contributed by atoms with Crippen molar-refractivity contribution in [2.75, 3.05) is 25.0 Å². The summed E-state index contributed by atoms with van der Waals surface area (Å²) in [7, 11) is 1.67. The first-order valence-corrected chi connectivity index (χ1v) is 6.82. The van der Waals surface area contributed by atoms with Crippen LogP contribution in [0.4, 0.5) is 14.5 Å². The largest absolute Gasteiger partial charge is 0.369 e. The molecule has 18 heavy (non-hydrogen) atoms. The summed E-state index contributed by atoms with van der Waals surface area (Å²) in [4.78, 5) is 1.55. The molecule has 0 aliphatic carbocycles. The van der Waals surface area contributed by atoms with Crippen LogP contribution in [0.2, 0.25) is 0 Å². The number of nitrogens with one attached hydrogen (secondary N) is 1. The molecule has 1 aromatic carbocycles. The third-order valence-electron chi connectivity index (χ3n) is 2.63. The minimum atomic E-state index is -2.32. The minimum Gasteiger partial charge on any atom is -0.369 e. The van der Waals surface area contributed by atoms with E-state index in [2.05, 4.69) is 28.2 Å². The molecule has 0 heterocycles. The number of nitrogens with zero attached hydrogens (tertiary/aromatic N) is 1. The van der Waals surface area contributed by atoms with Crippen molar-refractivity contribution in [3.8, 4) is 0 Å². The van der Waals surface area contributed by atoms with Gasteiger partial charge in [0.2, 0.25) is 0 Å². The summed E-state index contributed by atoms with van der Waals surface area (Å²) in [6.45, 7) is 3.62. The molecule has 0 saturated carbocycles. The van der Waals surface area contributed by atoms with Gasteiger partial charge in [-0.3, -0.25) is 0 Å². The van der Waals surface area contributed by atoms with Gasteiger partial charge >= 0.3 is 0 Å². The molecular weight excluding hydrogens is 302 g/mol. The van der Waals surface area contributed by atoms with Gasteiger partial charge in [0, 0.05) is 23.8 Å². The molecule has 1 rings (SSSR count). The van der Waals surface area contributed by atoms with Gasteiger partial charge in [-0.15, -0.1) is 0 Å². The lowest BCUT2D eigenvalue weighted by Gasteiger charge is -2.19. The molecule has 102 valence electrons. The average molecular weight is 321 g/mol. The van der Waals surface area contributed by atoms with Crippen molar-refractivity contribution in [3.05, 3.63) is 28.2 Å². The van der Waals surface area contributed by atoms with Crippen LogP contribution in [0, 0.1) is 0 Å². The number of anilines is 1. The van der Waals surface area contributed by atoms with Gasteiger partial charge in [0.05, 0.1) is 6.54 Å². The molecular formula is C13H19BrF2N2. The standard InChI is InChI=1S/C13H19BrF2N2/c1-3-6-17-8-10-4-5-11(7-12(10)14)18(2)9-13(15)16/h4-5,7,13,17H,3,6,8-9H2,1-2H3. The molecule has 0 fully saturated rings. The van der Waals surface area contributed by atoms with Crippen LogP contribution in [0.1, 0.15) is 18.9 Å². The second kappa shape index (κ2) is 7.69. The highest BCUT2D eigenvalue weighted by molar-refractivity contribution is 9.10. The van der Waals surface area contributed by atoms with Gasteiger partial charge in [0.25, 0.3) is 6.43 Å². The van der Waals surface area contributed by atoms with Crippen molar-refractivity contribution >= 4 is 21.6 Å². The normalized spacial score (nSPS) is 11.0. The molecule has 0 aliphatic heterocycles. The quantitative estimate of drug-likeness (QED) is 0.771. The Bertz CT molecular complexity index is 372. The van der Waals surface area contributed by atoms with Crippen LogP contribution in [0.5, 0.6) is 0 Å². The van der Waals surface area contributed by atoms with Crippen molar-refractivity contribution in [3.63, 3.8) is 0 Å². The molecule has 0 aromatic heterocycles. The third kappa shape index (κ3) is 4.90. The Hall–Kier alpha value is -0.680. The highest BCUT2D eigenvalue weighted by atomic mass is 79.9. The first-order chi connectivity index (χ1) is 8.54. The lowest BCUT2D eigenvalue weighted by molar-refractivity contribution is 0.156. The van der Waals surface area contributed by atoms with E-state index in [1.54, 1.807) is 11.9 Å². The molecule has 0 spiro atoms. The van der Waals surface area contributed by atoms with Crippen LogP contribution >= 0.6 is 15.9 Å². The summed E-state index contributed by atoms with van der Waals surface area (Å²) >= 11 is 3.48. The molecule has 1 aromatic rings. The fraction of sp³-hybridized carbons (Fsp3) is 0.538. The molecule has 0 radical (unpaired) electrons. The van der Waals surface area contributed by atoms with E-state index in [1.165, 1.54) is 0 Å². The van der Waals surface area contributed by atoms with E-state index in [0.717, 1.165) is 35.2 Å². The number of rotatable bonds is 7. The van der Waals surface area contributed by atoms with Gasteiger partial charge < -0.3 is 10.2 Å². The zero-order valence-corrected chi connectivity index (χ0v) is 12.3. The average Bonchev–Trinajstić information content (AvgIpc) is 2.30. The van der Waals surface area contributed by atoms with E-state index in [0.29, 0.717) is 0 Å². The Morgan fingerprint density at radius 2 is 2.11 bits per heavy atom. The summed E-state index contributed by atoms with van der Waals surface area (Å²) in [5.74, 6) is 0. The Morgan fingerprint density at radius 3 is 2.67 bits per heavy atom. The van der Waals surface area contributed by atoms with Crippen molar-refractivity contribution in [2.45, 2.75) is 26.3 Å². The second-order valence-electron chi connectivity index (χ2n) is 4.22. The lowest BCUT2D eigenvalue weighted by Crippen LogP contribution is -2.24. The van der Waals surface area contributed by atoms with Crippen molar-refractivity contribution in [1.82, 2.24) is 5.32 Å². The summed E-state index contributed by atoms with van der Waals surface area (Å²) < 4.78 is 25.5. The number of alkyl halides is 2. The van der Waals surface area contributed by atoms with Gasteiger partial charge in [-0.2, -0.15) is 0 Å². The molecule has 2 nitrogen and oxygen atoms in total. The van der Waals surface area contributed by atoms with E-state index < -0.39 is 6.43 Å². The van der Waals surface area contributed by atoms with Crippen molar-refractivity contribution < 1.29 is 8.78 Å². The highest BCUT2D eigenvalue weighted by Gasteiger charge is 2.10. The molecule has 0 bridgehead atoms. The zero-order chi connectivity index (χ0) is 13.5. The predicted octanol–water partition coefficient (Wildman–Crippen LogP) is 3.65. The maximum absolute atomic E-state index is 12.3. The summed E-state index contributed by atoms with van der Waals surface area (Å²) in [5, 5.41) is 3.31. The van der Waals surface area contributed by atoms with Crippen LogP contribution in [-0.4, -0.2) is 26.6 Å². The van der Waals surface area contributed by atoms with Gasteiger partial charge in [-0.05, 0) is 30.7 Å². The van der Waals surface area contributed by atoms with Crippen LogP contribution in [0.15, 0.2) is 22.7 Å². The maximum Gasteiger partial charge on any atom is 0.255 e. The molecule has 0 unspecified atom stereocenters. The second-order valence-corrected chi connectivity index (χ2v) is 5.08. The summed E-state index contributed by atoms with van der Waals surface area (Å²) in [6.07, 6.45) is -1.23.